The fourth-order valence-corrected chi connectivity index (χ4v) is 5.57. The van der Waals surface area contributed by atoms with Crippen molar-refractivity contribution in [2.45, 2.75) is 95.4 Å². The third kappa shape index (κ3) is 7.06. The summed E-state index contributed by atoms with van der Waals surface area (Å²) in [6, 6.07) is 0.517. The number of aromatic nitrogens is 5. The Morgan fingerprint density at radius 2 is 1.74 bits per heavy atom. The number of alkyl halides is 5. The molecule has 5 rings (SSSR count). The zero-order chi connectivity index (χ0) is 30.2. The van der Waals surface area contributed by atoms with E-state index in [2.05, 4.69) is 20.7 Å². The molecule has 0 spiro atoms. The normalized spacial score (nSPS) is 19.1. The molecule has 2 atom stereocenters. The highest BCUT2D eigenvalue weighted by Gasteiger charge is 2.40. The highest BCUT2D eigenvalue weighted by atomic mass is 19.4. The Balaban J connectivity index is 1.40. The Morgan fingerprint density at radius 1 is 1.05 bits per heavy atom. The minimum atomic E-state index is -4.42. The maximum absolute atomic E-state index is 14.0. The lowest BCUT2D eigenvalue weighted by Crippen LogP contribution is -2.38. The van der Waals surface area contributed by atoms with Crippen molar-refractivity contribution in [3.63, 3.8) is 0 Å². The second-order valence-electron chi connectivity index (χ2n) is 11.7. The van der Waals surface area contributed by atoms with E-state index in [0.29, 0.717) is 22.6 Å². The summed E-state index contributed by atoms with van der Waals surface area (Å²) in [4.78, 5) is 34.4. The van der Waals surface area contributed by atoms with Gasteiger partial charge in [-0.3, -0.25) is 9.59 Å². The zero-order valence-corrected chi connectivity index (χ0v) is 23.4. The molecule has 0 aromatic carbocycles. The molecule has 2 aliphatic rings. The van der Waals surface area contributed by atoms with E-state index in [0.717, 1.165) is 12.8 Å². The van der Waals surface area contributed by atoms with Gasteiger partial charge < -0.3 is 15.2 Å². The topological polar surface area (TPSA) is 106 Å². The summed E-state index contributed by atoms with van der Waals surface area (Å²) in [6.07, 6.45) is 1.38. The van der Waals surface area contributed by atoms with E-state index in [1.807, 2.05) is 13.8 Å². The second kappa shape index (κ2) is 11.6. The Bertz CT molecular complexity index is 1420. The van der Waals surface area contributed by atoms with Gasteiger partial charge in [-0.15, -0.1) is 0 Å². The lowest BCUT2D eigenvalue weighted by molar-refractivity contribution is -0.144. The van der Waals surface area contributed by atoms with Crippen molar-refractivity contribution in [3.8, 4) is 0 Å². The van der Waals surface area contributed by atoms with E-state index in [-0.39, 0.29) is 43.6 Å². The number of nitrogens with one attached hydrogen (secondary N) is 2. The molecule has 228 valence electrons. The van der Waals surface area contributed by atoms with Gasteiger partial charge in [0.05, 0.1) is 49.1 Å². The molecule has 2 saturated carbocycles. The average Bonchev–Trinajstić information content (AvgIpc) is 3.47. The summed E-state index contributed by atoms with van der Waals surface area (Å²) >= 11 is 0. The van der Waals surface area contributed by atoms with Crippen LogP contribution in [0.15, 0.2) is 31.0 Å². The van der Waals surface area contributed by atoms with E-state index >= 15 is 0 Å². The number of rotatable bonds is 10. The Labute approximate surface area is 239 Å². The van der Waals surface area contributed by atoms with Crippen LogP contribution in [0.2, 0.25) is 0 Å². The lowest BCUT2D eigenvalue weighted by atomic mass is 9.81. The monoisotopic (exact) mass is 595 g/mol. The first kappa shape index (κ1) is 29.9. The maximum atomic E-state index is 14.0. The van der Waals surface area contributed by atoms with Crippen LogP contribution in [0.1, 0.15) is 105 Å². The number of fused-ring (bicyclic) bond motifs is 1. The van der Waals surface area contributed by atoms with Gasteiger partial charge in [-0.05, 0) is 63.0 Å². The van der Waals surface area contributed by atoms with Crippen molar-refractivity contribution < 1.29 is 31.5 Å². The largest absolute Gasteiger partial charge is 0.389 e. The van der Waals surface area contributed by atoms with Crippen LogP contribution in [-0.2, 0) is 4.79 Å². The molecular formula is C28H34F5N7O2. The van der Waals surface area contributed by atoms with Crippen LogP contribution >= 0.6 is 0 Å². The Hall–Kier alpha value is -3.58. The van der Waals surface area contributed by atoms with Crippen molar-refractivity contribution in [2.24, 2.45) is 11.8 Å². The van der Waals surface area contributed by atoms with Gasteiger partial charge in [0.2, 0.25) is 11.8 Å². The summed E-state index contributed by atoms with van der Waals surface area (Å²) in [7, 11) is 0. The quantitative estimate of drug-likeness (QED) is 0.292. The molecule has 0 unspecified atom stereocenters. The van der Waals surface area contributed by atoms with Crippen molar-refractivity contribution >= 4 is 17.5 Å². The van der Waals surface area contributed by atoms with Crippen molar-refractivity contribution in [3.05, 3.63) is 47.9 Å². The minimum absolute atomic E-state index is 0.0220. The summed E-state index contributed by atoms with van der Waals surface area (Å²) in [5.74, 6) is -4.05. The highest BCUT2D eigenvalue weighted by Crippen LogP contribution is 2.43. The van der Waals surface area contributed by atoms with Gasteiger partial charge in [-0.1, -0.05) is 0 Å². The van der Waals surface area contributed by atoms with Gasteiger partial charge >= 0.3 is 6.18 Å². The molecule has 3 aromatic heterocycles. The summed E-state index contributed by atoms with van der Waals surface area (Å²) in [6.45, 7) is 3.83. The SMILES string of the molecule is CC(C)n1cncc1C(=O)N[C@H](c1cn2ncc([C@H](NC(=O)CCC(F)(F)F)C3CC3)cc2n1)C1CCC(F)(F)CC1. The van der Waals surface area contributed by atoms with Gasteiger partial charge in [-0.2, -0.15) is 18.3 Å². The molecule has 9 nitrogen and oxygen atoms in total. The fraction of sp³-hybridized carbons (Fsp3) is 0.607. The number of hydrogen-bond acceptors (Lipinski definition) is 5. The molecule has 42 heavy (non-hydrogen) atoms. The Kier molecular flexibility index (Phi) is 8.26. The van der Waals surface area contributed by atoms with Crippen LogP contribution < -0.4 is 10.6 Å². The molecule has 0 radical (unpaired) electrons. The smallest absolute Gasteiger partial charge is 0.349 e. The molecule has 2 N–H and O–H groups in total. The predicted octanol–water partition coefficient (Wildman–Crippen LogP) is 5.71. The molecule has 3 aromatic rings. The number of imidazole rings is 2. The third-order valence-corrected chi connectivity index (χ3v) is 8.06. The van der Waals surface area contributed by atoms with E-state index < -0.39 is 48.8 Å². The first-order chi connectivity index (χ1) is 19.8. The molecule has 2 aliphatic carbocycles. The van der Waals surface area contributed by atoms with Crippen LogP contribution in [0.5, 0.6) is 0 Å². The predicted molar refractivity (Wildman–Crippen MR) is 142 cm³/mol. The van der Waals surface area contributed by atoms with Gasteiger partial charge in [0.25, 0.3) is 5.91 Å². The van der Waals surface area contributed by atoms with Crippen LogP contribution in [0.3, 0.4) is 0 Å². The number of amides is 2. The van der Waals surface area contributed by atoms with Crippen molar-refractivity contribution in [1.29, 1.82) is 0 Å². The molecule has 2 fully saturated rings. The van der Waals surface area contributed by atoms with Crippen LogP contribution in [0.4, 0.5) is 22.0 Å². The summed E-state index contributed by atoms with van der Waals surface area (Å²) in [5.41, 5.74) is 1.82. The van der Waals surface area contributed by atoms with Crippen LogP contribution in [0, 0.1) is 11.8 Å². The van der Waals surface area contributed by atoms with E-state index in [9.17, 15) is 31.5 Å². The van der Waals surface area contributed by atoms with E-state index in [1.54, 1.807) is 29.4 Å². The summed E-state index contributed by atoms with van der Waals surface area (Å²) < 4.78 is 69.1. The average molecular weight is 596 g/mol. The molecule has 3 heterocycles. The second-order valence-corrected chi connectivity index (χ2v) is 11.7. The van der Waals surface area contributed by atoms with E-state index in [4.69, 9.17) is 4.98 Å². The summed E-state index contributed by atoms with van der Waals surface area (Å²) in [5, 5.41) is 10.2. The zero-order valence-electron chi connectivity index (χ0n) is 23.4. The number of halogens is 5. The maximum Gasteiger partial charge on any atom is 0.389 e. The van der Waals surface area contributed by atoms with Crippen molar-refractivity contribution in [2.75, 3.05) is 0 Å². The molecule has 0 saturated heterocycles. The molecule has 0 aliphatic heterocycles. The first-order valence-electron chi connectivity index (χ1n) is 14.2. The highest BCUT2D eigenvalue weighted by molar-refractivity contribution is 5.92. The van der Waals surface area contributed by atoms with E-state index in [1.165, 1.54) is 10.7 Å². The number of nitrogens with zero attached hydrogens (tertiary/aromatic N) is 5. The molecule has 0 bridgehead atoms. The third-order valence-electron chi connectivity index (χ3n) is 8.06. The lowest BCUT2D eigenvalue weighted by Gasteiger charge is -2.33. The number of carbonyl (C=O) groups excluding carboxylic acids is 2. The fourth-order valence-electron chi connectivity index (χ4n) is 5.57. The van der Waals surface area contributed by atoms with Gasteiger partial charge in [0.15, 0.2) is 5.65 Å². The Morgan fingerprint density at radius 3 is 2.38 bits per heavy atom. The van der Waals surface area contributed by atoms with Gasteiger partial charge in [0.1, 0.15) is 5.69 Å². The number of carbonyl (C=O) groups is 2. The first-order valence-corrected chi connectivity index (χ1v) is 14.2. The standard InChI is InChI=1S/C28H34F5N7O2/c1-16(2)39-15-34-13-21(39)26(42)38-25(18-5-8-27(29,30)9-6-18)20-14-40-22(36-20)11-19(12-35-40)24(17-3-4-17)37-23(41)7-10-28(31,32)33/h11-18,24-25H,3-10H2,1-2H3,(H,37,41)(H,38,42)/t24-,25+/m1/s1. The van der Waals surface area contributed by atoms with Crippen LogP contribution in [-0.4, -0.2) is 48.1 Å². The number of hydrogen-bond donors (Lipinski definition) is 2. The molecular weight excluding hydrogens is 561 g/mol. The van der Waals surface area contributed by atoms with Crippen LogP contribution in [0.25, 0.3) is 5.65 Å². The van der Waals surface area contributed by atoms with Gasteiger partial charge in [0, 0.05) is 25.3 Å². The minimum Gasteiger partial charge on any atom is -0.349 e. The van der Waals surface area contributed by atoms with Gasteiger partial charge in [-0.25, -0.2) is 23.3 Å². The molecule has 2 amide bonds. The van der Waals surface area contributed by atoms with Crippen molar-refractivity contribution in [1.82, 2.24) is 34.8 Å². The molecule has 14 heteroatoms.